The highest BCUT2D eigenvalue weighted by atomic mass is 16.3. The lowest BCUT2D eigenvalue weighted by atomic mass is 9.99. The quantitative estimate of drug-likeness (QED) is 0.781. The van der Waals surface area contributed by atoms with Crippen molar-refractivity contribution in [2.45, 2.75) is 38.8 Å². The lowest BCUT2D eigenvalue weighted by Gasteiger charge is -2.33. The van der Waals surface area contributed by atoms with Crippen LogP contribution < -0.4 is 0 Å². The molecule has 0 radical (unpaired) electrons. The summed E-state index contributed by atoms with van der Waals surface area (Å²) in [5.41, 5.74) is 3.33. The Kier molecular flexibility index (Phi) is 4.17. The summed E-state index contributed by atoms with van der Waals surface area (Å²) in [4.78, 5) is 14.8. The summed E-state index contributed by atoms with van der Waals surface area (Å²) in [7, 11) is 0. The average molecular weight is 322 g/mol. The number of aromatic amines is 1. The molecule has 0 spiro atoms. The number of pyridine rings is 1. The van der Waals surface area contributed by atoms with Gasteiger partial charge in [0.1, 0.15) is 11.5 Å². The highest BCUT2D eigenvalue weighted by molar-refractivity contribution is 5.28. The third-order valence-electron chi connectivity index (χ3n) is 4.57. The molecule has 3 aromatic rings. The summed E-state index contributed by atoms with van der Waals surface area (Å²) in [5, 5.41) is 0. The maximum atomic E-state index is 5.99. The highest BCUT2D eigenvalue weighted by Gasteiger charge is 2.32. The van der Waals surface area contributed by atoms with Crippen molar-refractivity contribution in [1.29, 1.82) is 0 Å². The molecule has 0 bridgehead atoms. The number of hydrogen-bond acceptors (Lipinski definition) is 4. The van der Waals surface area contributed by atoms with E-state index in [1.807, 2.05) is 18.3 Å². The van der Waals surface area contributed by atoms with E-state index in [9.17, 15) is 0 Å². The molecule has 5 heteroatoms. The van der Waals surface area contributed by atoms with Gasteiger partial charge in [0.05, 0.1) is 30.3 Å². The van der Waals surface area contributed by atoms with E-state index in [0.29, 0.717) is 0 Å². The van der Waals surface area contributed by atoms with Gasteiger partial charge in [-0.1, -0.05) is 13.0 Å². The molecule has 0 aromatic carbocycles. The summed E-state index contributed by atoms with van der Waals surface area (Å²) in [6, 6.07) is 10.3. The van der Waals surface area contributed by atoms with Gasteiger partial charge in [0.15, 0.2) is 0 Å². The molecule has 1 aliphatic rings. The summed E-state index contributed by atoms with van der Waals surface area (Å²) in [6.07, 6.45) is 6.70. The van der Waals surface area contributed by atoms with Crippen molar-refractivity contribution in [3.8, 4) is 0 Å². The van der Waals surface area contributed by atoms with Gasteiger partial charge in [-0.2, -0.15) is 0 Å². The number of aromatic nitrogens is 3. The molecule has 0 fully saturated rings. The van der Waals surface area contributed by atoms with Gasteiger partial charge in [-0.25, -0.2) is 4.98 Å². The largest absolute Gasteiger partial charge is 0.465 e. The number of nitrogens with zero attached hydrogens (tertiary/aromatic N) is 3. The van der Waals surface area contributed by atoms with Crippen LogP contribution in [0.5, 0.6) is 0 Å². The Balaban J connectivity index is 1.63. The predicted octanol–water partition coefficient (Wildman–Crippen LogP) is 3.50. The van der Waals surface area contributed by atoms with Crippen LogP contribution in [0.1, 0.15) is 48.0 Å². The fraction of sp³-hybridized carbons (Fsp3) is 0.368. The van der Waals surface area contributed by atoms with Crippen molar-refractivity contribution in [2.24, 2.45) is 0 Å². The van der Waals surface area contributed by atoms with Crippen molar-refractivity contribution >= 4 is 0 Å². The van der Waals surface area contributed by atoms with E-state index in [-0.39, 0.29) is 6.04 Å². The van der Waals surface area contributed by atoms with Crippen LogP contribution in [0.4, 0.5) is 0 Å². The van der Waals surface area contributed by atoms with Crippen molar-refractivity contribution in [3.63, 3.8) is 0 Å². The molecule has 0 unspecified atom stereocenters. The van der Waals surface area contributed by atoms with E-state index in [0.717, 1.165) is 55.3 Å². The first-order chi connectivity index (χ1) is 11.8. The van der Waals surface area contributed by atoms with Crippen molar-refractivity contribution in [2.75, 3.05) is 6.54 Å². The van der Waals surface area contributed by atoms with E-state index in [4.69, 9.17) is 4.42 Å². The van der Waals surface area contributed by atoms with Crippen LogP contribution in [0.3, 0.4) is 0 Å². The molecule has 4 rings (SSSR count). The zero-order valence-corrected chi connectivity index (χ0v) is 13.9. The lowest BCUT2D eigenvalue weighted by molar-refractivity contribution is 0.181. The number of imidazole rings is 1. The van der Waals surface area contributed by atoms with Crippen LogP contribution >= 0.6 is 0 Å². The Labute approximate surface area is 141 Å². The van der Waals surface area contributed by atoms with Crippen molar-refractivity contribution in [1.82, 2.24) is 19.9 Å². The molecular weight excluding hydrogens is 300 g/mol. The first-order valence-electron chi connectivity index (χ1n) is 8.60. The van der Waals surface area contributed by atoms with Crippen LogP contribution in [0.15, 0.2) is 47.3 Å². The van der Waals surface area contributed by atoms with Gasteiger partial charge in [-0.3, -0.25) is 9.88 Å². The molecule has 1 N–H and O–H groups in total. The number of rotatable bonds is 5. The molecule has 3 aromatic heterocycles. The fourth-order valence-corrected chi connectivity index (χ4v) is 3.45. The smallest absolute Gasteiger partial charge is 0.118 e. The maximum Gasteiger partial charge on any atom is 0.118 e. The molecule has 4 heterocycles. The van der Waals surface area contributed by atoms with Gasteiger partial charge in [-0.05, 0) is 30.7 Å². The minimum atomic E-state index is 0.0703. The van der Waals surface area contributed by atoms with Crippen LogP contribution in [0.2, 0.25) is 0 Å². The molecule has 1 aliphatic heterocycles. The minimum absolute atomic E-state index is 0.0703. The molecule has 124 valence electrons. The second-order valence-electron chi connectivity index (χ2n) is 6.26. The van der Waals surface area contributed by atoms with E-state index in [1.165, 1.54) is 5.69 Å². The van der Waals surface area contributed by atoms with Crippen LogP contribution in [0, 0.1) is 0 Å². The van der Waals surface area contributed by atoms with Gasteiger partial charge in [0.25, 0.3) is 0 Å². The number of furan rings is 1. The Bertz CT molecular complexity index is 793. The van der Waals surface area contributed by atoms with E-state index >= 15 is 0 Å². The number of aryl methyl sites for hydroxylation is 1. The van der Waals surface area contributed by atoms with Crippen molar-refractivity contribution < 1.29 is 4.42 Å². The molecule has 0 aliphatic carbocycles. The molecular formula is C19H22N4O. The first-order valence-corrected chi connectivity index (χ1v) is 8.60. The second-order valence-corrected chi connectivity index (χ2v) is 6.26. The number of hydrogen-bond donors (Lipinski definition) is 1. The third kappa shape index (κ3) is 2.87. The van der Waals surface area contributed by atoms with Gasteiger partial charge >= 0.3 is 0 Å². The average Bonchev–Trinajstić information content (AvgIpc) is 3.25. The lowest BCUT2D eigenvalue weighted by Crippen LogP contribution is -2.36. The van der Waals surface area contributed by atoms with Crippen LogP contribution in [-0.2, 0) is 19.4 Å². The summed E-state index contributed by atoms with van der Waals surface area (Å²) in [6.45, 7) is 3.90. The molecule has 0 saturated heterocycles. The second kappa shape index (κ2) is 6.61. The van der Waals surface area contributed by atoms with Gasteiger partial charge in [0, 0.05) is 31.3 Å². The van der Waals surface area contributed by atoms with Crippen LogP contribution in [-0.4, -0.2) is 26.4 Å². The third-order valence-corrected chi connectivity index (χ3v) is 4.57. The normalized spacial score (nSPS) is 17.8. The molecule has 5 nitrogen and oxygen atoms in total. The van der Waals surface area contributed by atoms with Crippen molar-refractivity contribution in [3.05, 3.63) is 71.5 Å². The van der Waals surface area contributed by atoms with Crippen LogP contribution in [0.25, 0.3) is 0 Å². The summed E-state index contributed by atoms with van der Waals surface area (Å²) < 4.78 is 5.99. The first kappa shape index (κ1) is 15.1. The topological polar surface area (TPSA) is 58.0 Å². The SMILES string of the molecule is CCCc1ccc(CN2CCc3[nH]cnc3[C@H]2c2ccccn2)o1. The fourth-order valence-electron chi connectivity index (χ4n) is 3.45. The standard InChI is InChI=1S/C19H22N4O/c1-2-5-14-7-8-15(24-14)12-23-11-9-16-18(22-13-21-16)19(23)17-6-3-4-10-20-17/h3-4,6-8,10,13,19H,2,5,9,11-12H2,1H3,(H,21,22)/t19-/m1/s1. The summed E-state index contributed by atoms with van der Waals surface area (Å²) in [5.74, 6) is 2.08. The maximum absolute atomic E-state index is 5.99. The molecule has 1 atom stereocenters. The minimum Gasteiger partial charge on any atom is -0.465 e. The molecule has 24 heavy (non-hydrogen) atoms. The zero-order chi connectivity index (χ0) is 16.4. The number of H-pyrrole nitrogens is 1. The Morgan fingerprint density at radius 1 is 1.21 bits per heavy atom. The van der Waals surface area contributed by atoms with E-state index < -0.39 is 0 Å². The predicted molar refractivity (Wildman–Crippen MR) is 91.5 cm³/mol. The van der Waals surface area contributed by atoms with E-state index in [2.05, 4.69) is 45.0 Å². The van der Waals surface area contributed by atoms with Gasteiger partial charge in [-0.15, -0.1) is 0 Å². The highest BCUT2D eigenvalue weighted by Crippen LogP contribution is 2.33. The molecule has 0 amide bonds. The number of fused-ring (bicyclic) bond motifs is 1. The zero-order valence-electron chi connectivity index (χ0n) is 13.9. The summed E-state index contributed by atoms with van der Waals surface area (Å²) >= 11 is 0. The molecule has 0 saturated carbocycles. The Morgan fingerprint density at radius 3 is 2.96 bits per heavy atom. The van der Waals surface area contributed by atoms with Gasteiger partial charge in [0.2, 0.25) is 0 Å². The Morgan fingerprint density at radius 2 is 2.12 bits per heavy atom. The number of nitrogens with one attached hydrogen (secondary N) is 1. The Hall–Kier alpha value is -2.40. The monoisotopic (exact) mass is 322 g/mol. The van der Waals surface area contributed by atoms with E-state index in [1.54, 1.807) is 6.33 Å². The van der Waals surface area contributed by atoms with Gasteiger partial charge < -0.3 is 9.40 Å².